The first-order chi connectivity index (χ1) is 5.83. The largest absolute Gasteiger partial charge is 0.483 e. The van der Waals surface area contributed by atoms with Crippen molar-refractivity contribution in [2.24, 2.45) is 4.99 Å². The van der Waals surface area contributed by atoms with Gasteiger partial charge in [-0.1, -0.05) is 0 Å². The molecular formula is C7H13NO4. The van der Waals surface area contributed by atoms with Crippen molar-refractivity contribution in [1.82, 2.24) is 0 Å². The number of rotatable bonds is 0. The Bertz CT molecular complexity index is 111. The third-order valence-corrected chi connectivity index (χ3v) is 1.000. The second-order valence-electron chi connectivity index (χ2n) is 1.80. The van der Waals surface area contributed by atoms with Gasteiger partial charge >= 0.3 is 0 Å². The van der Waals surface area contributed by atoms with Crippen LogP contribution in [0.15, 0.2) is 4.99 Å². The van der Waals surface area contributed by atoms with Crippen LogP contribution in [0.4, 0.5) is 0 Å². The third kappa shape index (κ3) is 23.5. The molecule has 2 N–H and O–H groups in total. The monoisotopic (exact) mass is 175 g/mol. The highest BCUT2D eigenvalue weighted by atomic mass is 16.3. The zero-order valence-electron chi connectivity index (χ0n) is 6.72. The standard InChI is InChI=1S/C5H9N.2CH2O2/c1-2-4-6-5-3-1;2*2-1-3/h4H,1-3,5H2;2*1H,(H,2,3). The van der Waals surface area contributed by atoms with Crippen molar-refractivity contribution in [2.75, 3.05) is 6.54 Å². The lowest BCUT2D eigenvalue weighted by atomic mass is 10.2. The van der Waals surface area contributed by atoms with Gasteiger partial charge in [-0.25, -0.2) is 0 Å². The van der Waals surface area contributed by atoms with E-state index in [2.05, 4.69) is 4.99 Å². The summed E-state index contributed by atoms with van der Waals surface area (Å²) in [7, 11) is 0. The molecule has 70 valence electrons. The van der Waals surface area contributed by atoms with Gasteiger partial charge in [-0.3, -0.25) is 14.6 Å². The zero-order chi connectivity index (χ0) is 9.66. The van der Waals surface area contributed by atoms with E-state index in [-0.39, 0.29) is 12.9 Å². The smallest absolute Gasteiger partial charge is 0.290 e. The molecular weight excluding hydrogens is 162 g/mol. The molecule has 0 radical (unpaired) electrons. The molecule has 5 heteroatoms. The van der Waals surface area contributed by atoms with E-state index in [1.807, 2.05) is 6.21 Å². The van der Waals surface area contributed by atoms with Gasteiger partial charge in [0.15, 0.2) is 0 Å². The van der Waals surface area contributed by atoms with Gasteiger partial charge in [-0.15, -0.1) is 0 Å². The lowest BCUT2D eigenvalue weighted by Crippen LogP contribution is -1.89. The molecule has 1 aliphatic heterocycles. The molecule has 0 fully saturated rings. The summed E-state index contributed by atoms with van der Waals surface area (Å²) in [5, 5.41) is 13.8. The van der Waals surface area contributed by atoms with E-state index in [1.54, 1.807) is 0 Å². The van der Waals surface area contributed by atoms with Crippen LogP contribution >= 0.6 is 0 Å². The van der Waals surface area contributed by atoms with Crippen molar-refractivity contribution >= 4 is 19.2 Å². The minimum atomic E-state index is -0.250. The SMILES string of the molecule is C1=NCCCC1.O=CO.O=CO. The van der Waals surface area contributed by atoms with Crippen molar-refractivity contribution in [1.29, 1.82) is 0 Å². The molecule has 0 aliphatic carbocycles. The van der Waals surface area contributed by atoms with Crippen molar-refractivity contribution in [3.05, 3.63) is 0 Å². The maximum Gasteiger partial charge on any atom is 0.290 e. The van der Waals surface area contributed by atoms with Gasteiger partial charge in [0.1, 0.15) is 0 Å². The Labute approximate surface area is 70.7 Å². The highest BCUT2D eigenvalue weighted by Gasteiger charge is 1.88. The van der Waals surface area contributed by atoms with Crippen LogP contribution in [-0.4, -0.2) is 35.9 Å². The number of carbonyl (C=O) groups is 2. The Morgan fingerprint density at radius 1 is 1.17 bits per heavy atom. The van der Waals surface area contributed by atoms with Crippen molar-refractivity contribution in [3.63, 3.8) is 0 Å². The molecule has 0 saturated carbocycles. The summed E-state index contributed by atoms with van der Waals surface area (Å²) in [5.74, 6) is 0. The van der Waals surface area contributed by atoms with Crippen LogP contribution in [0.2, 0.25) is 0 Å². The van der Waals surface area contributed by atoms with E-state index >= 15 is 0 Å². The van der Waals surface area contributed by atoms with Crippen molar-refractivity contribution in [2.45, 2.75) is 19.3 Å². The number of carboxylic acid groups (broad SMARTS) is 2. The van der Waals surface area contributed by atoms with Gasteiger partial charge in [0.25, 0.3) is 12.9 Å². The maximum absolute atomic E-state index is 8.36. The molecule has 0 aromatic heterocycles. The number of aliphatic imine (C=N–C) groups is 1. The average Bonchev–Trinajstić information content (AvgIpc) is 2.10. The van der Waals surface area contributed by atoms with E-state index in [4.69, 9.17) is 19.8 Å². The minimum Gasteiger partial charge on any atom is -0.483 e. The molecule has 0 aromatic rings. The van der Waals surface area contributed by atoms with Gasteiger partial charge in [0.05, 0.1) is 0 Å². The summed E-state index contributed by atoms with van der Waals surface area (Å²) in [6.45, 7) is 0.569. The summed E-state index contributed by atoms with van der Waals surface area (Å²) in [4.78, 5) is 20.8. The summed E-state index contributed by atoms with van der Waals surface area (Å²) in [6.07, 6.45) is 5.88. The number of hydrogen-bond donors (Lipinski definition) is 2. The average molecular weight is 175 g/mol. The molecule has 12 heavy (non-hydrogen) atoms. The fraction of sp³-hybridized carbons (Fsp3) is 0.571. The molecule has 0 amide bonds. The molecule has 1 rings (SSSR count). The van der Waals surface area contributed by atoms with Crippen molar-refractivity contribution in [3.8, 4) is 0 Å². The molecule has 0 saturated heterocycles. The lowest BCUT2D eigenvalue weighted by molar-refractivity contribution is -0.123. The molecule has 0 aromatic carbocycles. The van der Waals surface area contributed by atoms with E-state index in [0.29, 0.717) is 0 Å². The second-order valence-corrected chi connectivity index (χ2v) is 1.80. The molecule has 0 unspecified atom stereocenters. The highest BCUT2D eigenvalue weighted by Crippen LogP contribution is 1.97. The predicted octanol–water partition coefficient (Wildman–Crippen LogP) is 0.643. The van der Waals surface area contributed by atoms with Crippen LogP contribution in [0, 0.1) is 0 Å². The van der Waals surface area contributed by atoms with Gasteiger partial charge < -0.3 is 10.2 Å². The van der Waals surface area contributed by atoms with Crippen molar-refractivity contribution < 1.29 is 19.8 Å². The normalized spacial score (nSPS) is 12.7. The van der Waals surface area contributed by atoms with Gasteiger partial charge in [0.2, 0.25) is 0 Å². The second kappa shape index (κ2) is 16.3. The van der Waals surface area contributed by atoms with E-state index in [9.17, 15) is 0 Å². The Balaban J connectivity index is 0. The molecule has 1 heterocycles. The minimum absolute atomic E-state index is 0.250. The van der Waals surface area contributed by atoms with Crippen LogP contribution in [-0.2, 0) is 9.59 Å². The summed E-state index contributed by atoms with van der Waals surface area (Å²) < 4.78 is 0. The van der Waals surface area contributed by atoms with Crippen LogP contribution in [0.5, 0.6) is 0 Å². The van der Waals surface area contributed by atoms with E-state index < -0.39 is 0 Å². The van der Waals surface area contributed by atoms with Crippen LogP contribution in [0.1, 0.15) is 19.3 Å². The maximum atomic E-state index is 8.36. The Kier molecular flexibility index (Phi) is 18.0. The zero-order valence-corrected chi connectivity index (χ0v) is 6.72. The molecule has 0 spiro atoms. The first-order valence-electron chi connectivity index (χ1n) is 3.47. The van der Waals surface area contributed by atoms with Gasteiger partial charge in [-0.05, 0) is 25.5 Å². The fourth-order valence-electron chi connectivity index (χ4n) is 0.621. The summed E-state index contributed by atoms with van der Waals surface area (Å²) in [5.41, 5.74) is 0. The van der Waals surface area contributed by atoms with E-state index in [1.165, 1.54) is 19.3 Å². The molecule has 1 aliphatic rings. The van der Waals surface area contributed by atoms with Crippen LogP contribution in [0.3, 0.4) is 0 Å². The lowest BCUT2D eigenvalue weighted by Gasteiger charge is -1.97. The fourth-order valence-corrected chi connectivity index (χ4v) is 0.621. The Morgan fingerprint density at radius 2 is 1.67 bits per heavy atom. The third-order valence-electron chi connectivity index (χ3n) is 1.000. The topological polar surface area (TPSA) is 87.0 Å². The van der Waals surface area contributed by atoms with E-state index in [0.717, 1.165) is 6.54 Å². The Hall–Kier alpha value is -1.39. The number of hydrogen-bond acceptors (Lipinski definition) is 3. The molecule has 0 bridgehead atoms. The van der Waals surface area contributed by atoms with Gasteiger partial charge in [0, 0.05) is 6.54 Å². The Morgan fingerprint density at radius 3 is 1.75 bits per heavy atom. The molecule has 0 atom stereocenters. The summed E-state index contributed by atoms with van der Waals surface area (Å²) >= 11 is 0. The highest BCUT2D eigenvalue weighted by molar-refractivity contribution is 5.57. The quantitative estimate of drug-likeness (QED) is 0.529. The first-order valence-corrected chi connectivity index (χ1v) is 3.47. The predicted molar refractivity (Wildman–Crippen MR) is 44.6 cm³/mol. The summed E-state index contributed by atoms with van der Waals surface area (Å²) in [6, 6.07) is 0. The van der Waals surface area contributed by atoms with Gasteiger partial charge in [-0.2, -0.15) is 0 Å². The first kappa shape index (κ1) is 13.2. The molecule has 5 nitrogen and oxygen atoms in total. The number of nitrogens with zero attached hydrogens (tertiary/aromatic N) is 1. The van der Waals surface area contributed by atoms with Crippen LogP contribution in [0.25, 0.3) is 0 Å². The van der Waals surface area contributed by atoms with Crippen LogP contribution < -0.4 is 0 Å².